The average Bonchev–Trinajstić information content (AvgIpc) is 2.29. The predicted molar refractivity (Wildman–Crippen MR) is 62.2 cm³/mol. The van der Waals surface area contributed by atoms with E-state index in [1.165, 1.54) is 0 Å². The standard InChI is InChI=1S/C11H12ClN3O/c12-10-4-2-1-3-9(10)5-7-14-11(16)15-8-6-13/h1-4H,5,7-8H2,(H2,14,15,16). The molecule has 0 saturated heterocycles. The van der Waals surface area contributed by atoms with Crippen molar-refractivity contribution in [2.45, 2.75) is 6.42 Å². The summed E-state index contributed by atoms with van der Waals surface area (Å²) in [6, 6.07) is 8.97. The van der Waals surface area contributed by atoms with E-state index in [0.717, 1.165) is 5.56 Å². The zero-order valence-electron chi connectivity index (χ0n) is 8.66. The van der Waals surface area contributed by atoms with Gasteiger partial charge in [-0.1, -0.05) is 29.8 Å². The number of nitrogens with zero attached hydrogens (tertiary/aromatic N) is 1. The summed E-state index contributed by atoms with van der Waals surface area (Å²) in [6.07, 6.45) is 0.666. The second kappa shape index (κ2) is 6.70. The van der Waals surface area contributed by atoms with E-state index in [-0.39, 0.29) is 12.6 Å². The number of hydrogen-bond donors (Lipinski definition) is 2. The van der Waals surface area contributed by atoms with Crippen LogP contribution in [0.25, 0.3) is 0 Å². The molecule has 1 rings (SSSR count). The van der Waals surface area contributed by atoms with Crippen molar-refractivity contribution in [3.63, 3.8) is 0 Å². The minimum atomic E-state index is -0.339. The van der Waals surface area contributed by atoms with E-state index in [1.54, 1.807) is 0 Å². The van der Waals surface area contributed by atoms with Gasteiger partial charge in [-0.05, 0) is 18.1 Å². The molecule has 0 atom stereocenters. The van der Waals surface area contributed by atoms with Gasteiger partial charge in [0.05, 0.1) is 6.07 Å². The van der Waals surface area contributed by atoms with Crippen molar-refractivity contribution in [3.05, 3.63) is 34.9 Å². The molecule has 0 radical (unpaired) electrons. The molecule has 0 bridgehead atoms. The van der Waals surface area contributed by atoms with Gasteiger partial charge in [0.15, 0.2) is 0 Å². The molecule has 2 amide bonds. The summed E-state index contributed by atoms with van der Waals surface area (Å²) in [5.41, 5.74) is 0.991. The summed E-state index contributed by atoms with van der Waals surface area (Å²) in [6.45, 7) is 0.499. The second-order valence-corrected chi connectivity index (χ2v) is 3.52. The van der Waals surface area contributed by atoms with Gasteiger partial charge in [-0.15, -0.1) is 0 Å². The fraction of sp³-hybridized carbons (Fsp3) is 0.273. The molecule has 4 nitrogen and oxygen atoms in total. The topological polar surface area (TPSA) is 64.9 Å². The maximum atomic E-state index is 11.1. The number of hydrogen-bond acceptors (Lipinski definition) is 2. The first-order chi connectivity index (χ1) is 7.74. The van der Waals surface area contributed by atoms with Gasteiger partial charge in [-0.25, -0.2) is 4.79 Å². The summed E-state index contributed by atoms with van der Waals surface area (Å²) < 4.78 is 0. The summed E-state index contributed by atoms with van der Waals surface area (Å²) in [5, 5.41) is 14.0. The zero-order valence-corrected chi connectivity index (χ0v) is 9.42. The number of benzene rings is 1. The minimum Gasteiger partial charge on any atom is -0.338 e. The van der Waals surface area contributed by atoms with Gasteiger partial charge in [-0.2, -0.15) is 5.26 Å². The van der Waals surface area contributed by atoms with Crippen molar-refractivity contribution in [1.29, 1.82) is 5.26 Å². The van der Waals surface area contributed by atoms with Crippen LogP contribution >= 0.6 is 11.6 Å². The quantitative estimate of drug-likeness (QED) is 0.783. The van der Waals surface area contributed by atoms with Crippen molar-refractivity contribution in [2.75, 3.05) is 13.1 Å². The molecule has 0 aliphatic carbocycles. The lowest BCUT2D eigenvalue weighted by molar-refractivity contribution is 0.242. The van der Waals surface area contributed by atoms with Gasteiger partial charge in [0.25, 0.3) is 0 Å². The highest BCUT2D eigenvalue weighted by Crippen LogP contribution is 2.14. The first-order valence-electron chi connectivity index (χ1n) is 4.86. The van der Waals surface area contributed by atoms with Crippen LogP contribution in [0.5, 0.6) is 0 Å². The second-order valence-electron chi connectivity index (χ2n) is 3.11. The molecular formula is C11H12ClN3O. The molecule has 1 aromatic carbocycles. The first kappa shape index (κ1) is 12.3. The highest BCUT2D eigenvalue weighted by Gasteiger charge is 2.00. The molecule has 84 valence electrons. The van der Waals surface area contributed by atoms with Crippen LogP contribution in [0.15, 0.2) is 24.3 Å². The molecule has 0 saturated carbocycles. The largest absolute Gasteiger partial charge is 0.338 e. The van der Waals surface area contributed by atoms with Crippen molar-refractivity contribution >= 4 is 17.6 Å². The highest BCUT2D eigenvalue weighted by molar-refractivity contribution is 6.31. The Morgan fingerprint density at radius 2 is 2.12 bits per heavy atom. The van der Waals surface area contributed by atoms with Crippen molar-refractivity contribution in [2.24, 2.45) is 0 Å². The van der Waals surface area contributed by atoms with Crippen LogP contribution in [-0.2, 0) is 6.42 Å². The Kier molecular flexibility index (Phi) is 5.17. The van der Waals surface area contributed by atoms with Gasteiger partial charge < -0.3 is 10.6 Å². The summed E-state index contributed by atoms with van der Waals surface area (Å²) in [7, 11) is 0. The molecule has 16 heavy (non-hydrogen) atoms. The van der Waals surface area contributed by atoms with Crippen LogP contribution in [0, 0.1) is 11.3 Å². The van der Waals surface area contributed by atoms with Crippen LogP contribution in [0.4, 0.5) is 4.79 Å². The lowest BCUT2D eigenvalue weighted by atomic mass is 10.1. The summed E-state index contributed by atoms with van der Waals surface area (Å²) in [4.78, 5) is 11.1. The van der Waals surface area contributed by atoms with Gasteiger partial charge in [0.1, 0.15) is 6.54 Å². The molecule has 2 N–H and O–H groups in total. The molecule has 0 aromatic heterocycles. The number of urea groups is 1. The third-order valence-corrected chi connectivity index (χ3v) is 2.33. The SMILES string of the molecule is N#CCNC(=O)NCCc1ccccc1Cl. The molecule has 0 aliphatic heterocycles. The number of rotatable bonds is 4. The highest BCUT2D eigenvalue weighted by atomic mass is 35.5. The van der Waals surface area contributed by atoms with Crippen LogP contribution in [-0.4, -0.2) is 19.1 Å². The third kappa shape index (κ3) is 4.20. The van der Waals surface area contributed by atoms with Crippen molar-refractivity contribution < 1.29 is 4.79 Å². The van der Waals surface area contributed by atoms with E-state index in [4.69, 9.17) is 16.9 Å². The van der Waals surface area contributed by atoms with Gasteiger partial charge in [-0.3, -0.25) is 0 Å². The average molecular weight is 238 g/mol. The van der Waals surface area contributed by atoms with E-state index in [2.05, 4.69) is 10.6 Å². The lowest BCUT2D eigenvalue weighted by Crippen LogP contribution is -2.36. The Labute approximate surface area is 99.2 Å². The number of halogens is 1. The number of nitriles is 1. The molecule has 0 aliphatic rings. The molecule has 1 aromatic rings. The van der Waals surface area contributed by atoms with Crippen molar-refractivity contribution in [1.82, 2.24) is 10.6 Å². The Morgan fingerprint density at radius 3 is 2.81 bits per heavy atom. The maximum absolute atomic E-state index is 11.1. The smallest absolute Gasteiger partial charge is 0.315 e. The normalized spacial score (nSPS) is 9.25. The maximum Gasteiger partial charge on any atom is 0.315 e. The number of amides is 2. The van der Waals surface area contributed by atoms with Crippen LogP contribution in [0.1, 0.15) is 5.56 Å². The molecular weight excluding hydrogens is 226 g/mol. The van der Waals surface area contributed by atoms with Gasteiger partial charge in [0, 0.05) is 11.6 Å². The van der Waals surface area contributed by atoms with E-state index < -0.39 is 0 Å². The third-order valence-electron chi connectivity index (χ3n) is 1.97. The number of nitrogens with one attached hydrogen (secondary N) is 2. The minimum absolute atomic E-state index is 0.0118. The predicted octanol–water partition coefficient (Wildman–Crippen LogP) is 1.71. The monoisotopic (exact) mass is 237 g/mol. The fourth-order valence-corrected chi connectivity index (χ4v) is 1.42. The van der Waals surface area contributed by atoms with Gasteiger partial charge in [0.2, 0.25) is 0 Å². The van der Waals surface area contributed by atoms with Crippen molar-refractivity contribution in [3.8, 4) is 6.07 Å². The van der Waals surface area contributed by atoms with E-state index in [1.807, 2.05) is 30.3 Å². The lowest BCUT2D eigenvalue weighted by Gasteiger charge is -2.06. The summed E-state index contributed by atoms with van der Waals surface area (Å²) >= 11 is 5.95. The van der Waals surface area contributed by atoms with Crippen LogP contribution < -0.4 is 10.6 Å². The fourth-order valence-electron chi connectivity index (χ4n) is 1.19. The van der Waals surface area contributed by atoms with E-state index >= 15 is 0 Å². The Balaban J connectivity index is 2.29. The van der Waals surface area contributed by atoms with E-state index in [9.17, 15) is 4.79 Å². The van der Waals surface area contributed by atoms with E-state index in [0.29, 0.717) is 18.0 Å². The summed E-state index contributed by atoms with van der Waals surface area (Å²) in [5.74, 6) is 0. The zero-order chi connectivity index (χ0) is 11.8. The van der Waals surface area contributed by atoms with Crippen LogP contribution in [0.3, 0.4) is 0 Å². The van der Waals surface area contributed by atoms with Crippen LogP contribution in [0.2, 0.25) is 5.02 Å². The number of carbonyl (C=O) groups is 1. The molecule has 0 spiro atoms. The Bertz CT molecular complexity index is 400. The van der Waals surface area contributed by atoms with Gasteiger partial charge >= 0.3 is 6.03 Å². The molecule has 0 heterocycles. The molecule has 5 heteroatoms. The Hall–Kier alpha value is -1.73. The Morgan fingerprint density at radius 1 is 1.38 bits per heavy atom. The molecule has 0 fully saturated rings. The number of carbonyl (C=O) groups excluding carboxylic acids is 1. The first-order valence-corrected chi connectivity index (χ1v) is 5.24. The molecule has 0 unspecified atom stereocenters.